The molecule has 0 spiro atoms. The predicted molar refractivity (Wildman–Crippen MR) is 112 cm³/mol. The average Bonchev–Trinajstić information content (AvgIpc) is 3.19. The number of aryl methyl sites for hydroxylation is 1. The van der Waals surface area contributed by atoms with Gasteiger partial charge in [0.25, 0.3) is 17.4 Å². The third kappa shape index (κ3) is 3.37. The number of para-hydroxylation sites is 1. The van der Waals surface area contributed by atoms with Crippen LogP contribution in [0.15, 0.2) is 40.8 Å². The Hall–Kier alpha value is -3.13. The highest BCUT2D eigenvalue weighted by Gasteiger charge is 2.43. The number of likely N-dealkylation sites (tertiary alicyclic amines) is 1. The Labute approximate surface area is 174 Å². The first kappa shape index (κ1) is 20.2. The van der Waals surface area contributed by atoms with E-state index in [1.165, 1.54) is 16.7 Å². The van der Waals surface area contributed by atoms with Crippen LogP contribution in [0.25, 0.3) is 11.3 Å². The molecule has 2 aliphatic rings. The monoisotopic (exact) mass is 410 g/mol. The number of nitrogens with one attached hydrogen (secondary N) is 1. The maximum Gasteiger partial charge on any atom is 0.279 e. The molecule has 0 aliphatic carbocycles. The summed E-state index contributed by atoms with van der Waals surface area (Å²) in [6, 6.07) is 9.18. The van der Waals surface area contributed by atoms with Crippen molar-refractivity contribution >= 4 is 17.4 Å². The van der Waals surface area contributed by atoms with Crippen molar-refractivity contribution in [3.63, 3.8) is 0 Å². The van der Waals surface area contributed by atoms with Gasteiger partial charge in [-0.05, 0) is 38.3 Å². The Morgan fingerprint density at radius 2 is 1.70 bits per heavy atom. The van der Waals surface area contributed by atoms with Crippen molar-refractivity contribution in [2.45, 2.75) is 26.2 Å². The molecular formula is C22H26N4O4. The van der Waals surface area contributed by atoms with Gasteiger partial charge < -0.3 is 9.64 Å². The summed E-state index contributed by atoms with van der Waals surface area (Å²) >= 11 is 0. The zero-order valence-electron chi connectivity index (χ0n) is 17.3. The van der Waals surface area contributed by atoms with Gasteiger partial charge in [-0.2, -0.15) is 0 Å². The van der Waals surface area contributed by atoms with E-state index in [0.717, 1.165) is 19.3 Å². The highest BCUT2D eigenvalue weighted by molar-refractivity contribution is 6.35. The molecule has 8 heteroatoms. The van der Waals surface area contributed by atoms with Crippen molar-refractivity contribution in [3.05, 3.63) is 57.6 Å². The Morgan fingerprint density at radius 3 is 2.37 bits per heavy atom. The van der Waals surface area contributed by atoms with Crippen LogP contribution >= 0.6 is 0 Å². The van der Waals surface area contributed by atoms with Crippen LogP contribution < -0.4 is 5.56 Å². The molecule has 4 rings (SSSR count). The smallest absolute Gasteiger partial charge is 0.279 e. The van der Waals surface area contributed by atoms with Gasteiger partial charge in [0.2, 0.25) is 0 Å². The molecule has 158 valence electrons. The lowest BCUT2D eigenvalue weighted by atomic mass is 10.0. The molecule has 0 saturated carbocycles. The SMILES string of the molecule is COCCN1C(=O)C(c2c(C)[nH]n(-c3ccccc3)c2=O)=C(N2CCCCC2)C1=O. The zero-order chi connectivity index (χ0) is 21.3. The fourth-order valence-corrected chi connectivity index (χ4v) is 4.19. The van der Waals surface area contributed by atoms with E-state index < -0.39 is 5.91 Å². The van der Waals surface area contributed by atoms with E-state index in [1.807, 2.05) is 35.2 Å². The molecule has 0 unspecified atom stereocenters. The number of carbonyl (C=O) groups excluding carboxylic acids is 2. The fourth-order valence-electron chi connectivity index (χ4n) is 4.19. The molecule has 1 saturated heterocycles. The molecule has 2 aliphatic heterocycles. The number of amides is 2. The molecule has 1 N–H and O–H groups in total. The van der Waals surface area contributed by atoms with Gasteiger partial charge in [-0.15, -0.1) is 0 Å². The first-order chi connectivity index (χ1) is 14.5. The summed E-state index contributed by atoms with van der Waals surface area (Å²) in [5.41, 5.74) is 1.70. The molecule has 2 amide bonds. The number of hydrogen-bond donors (Lipinski definition) is 1. The molecule has 0 atom stereocenters. The predicted octanol–water partition coefficient (Wildman–Crippen LogP) is 1.69. The Balaban J connectivity index is 1.86. The Kier molecular flexibility index (Phi) is 5.59. The number of nitrogens with zero attached hydrogens (tertiary/aromatic N) is 3. The number of H-pyrrole nitrogens is 1. The minimum Gasteiger partial charge on any atom is -0.383 e. The van der Waals surface area contributed by atoms with Crippen molar-refractivity contribution in [3.8, 4) is 5.69 Å². The second kappa shape index (κ2) is 8.31. The van der Waals surface area contributed by atoms with E-state index in [9.17, 15) is 14.4 Å². The number of rotatable bonds is 6. The number of carbonyl (C=O) groups is 2. The van der Waals surface area contributed by atoms with Crippen LogP contribution in [0.2, 0.25) is 0 Å². The molecule has 8 nitrogen and oxygen atoms in total. The van der Waals surface area contributed by atoms with Crippen LogP contribution in [-0.4, -0.2) is 64.7 Å². The van der Waals surface area contributed by atoms with Gasteiger partial charge >= 0.3 is 0 Å². The number of benzene rings is 1. The van der Waals surface area contributed by atoms with Crippen LogP contribution in [-0.2, 0) is 14.3 Å². The number of methoxy groups -OCH3 is 1. The molecule has 0 bridgehead atoms. The van der Waals surface area contributed by atoms with Crippen LogP contribution in [0.5, 0.6) is 0 Å². The molecule has 3 heterocycles. The number of ether oxygens (including phenoxy) is 1. The summed E-state index contributed by atoms with van der Waals surface area (Å²) in [6.07, 6.45) is 3.01. The molecule has 1 aromatic heterocycles. The average molecular weight is 410 g/mol. The number of aromatic nitrogens is 2. The normalized spacial score (nSPS) is 17.4. The van der Waals surface area contributed by atoms with Crippen molar-refractivity contribution in [1.82, 2.24) is 19.6 Å². The summed E-state index contributed by atoms with van der Waals surface area (Å²) in [6.45, 7) is 3.56. The molecule has 0 radical (unpaired) electrons. The second-order valence-corrected chi connectivity index (χ2v) is 7.61. The number of imide groups is 1. The lowest BCUT2D eigenvalue weighted by molar-refractivity contribution is -0.138. The summed E-state index contributed by atoms with van der Waals surface area (Å²) in [4.78, 5) is 43.1. The molecule has 2 aromatic rings. The van der Waals surface area contributed by atoms with Crippen LogP contribution in [0, 0.1) is 6.92 Å². The maximum atomic E-state index is 13.4. The van der Waals surface area contributed by atoms with Crippen molar-refractivity contribution in [1.29, 1.82) is 0 Å². The topological polar surface area (TPSA) is 87.6 Å². The first-order valence-electron chi connectivity index (χ1n) is 10.3. The largest absolute Gasteiger partial charge is 0.383 e. The molecule has 30 heavy (non-hydrogen) atoms. The summed E-state index contributed by atoms with van der Waals surface area (Å²) in [5.74, 6) is -0.780. The molecule has 1 aromatic carbocycles. The summed E-state index contributed by atoms with van der Waals surface area (Å²) < 4.78 is 6.50. The fraction of sp³-hybridized carbons (Fsp3) is 0.409. The quantitative estimate of drug-likeness (QED) is 0.733. The minimum absolute atomic E-state index is 0.158. The van der Waals surface area contributed by atoms with Gasteiger partial charge in [0.15, 0.2) is 0 Å². The standard InChI is InChI=1S/C22H26N4O4/c1-15-17(21(28)26(23-15)16-9-5-3-6-10-16)18-19(24-11-7-4-8-12-24)22(29)25(20(18)27)13-14-30-2/h3,5-6,9-10,23H,4,7-8,11-14H2,1-2H3. The second-order valence-electron chi connectivity index (χ2n) is 7.61. The van der Waals surface area contributed by atoms with Crippen LogP contribution in [0.1, 0.15) is 30.5 Å². The lowest BCUT2D eigenvalue weighted by Crippen LogP contribution is -2.38. The van der Waals surface area contributed by atoms with Gasteiger partial charge in [-0.25, -0.2) is 4.68 Å². The number of piperidine rings is 1. The highest BCUT2D eigenvalue weighted by atomic mass is 16.5. The lowest BCUT2D eigenvalue weighted by Gasteiger charge is -2.29. The van der Waals surface area contributed by atoms with Crippen molar-refractivity contribution in [2.75, 3.05) is 33.4 Å². The van der Waals surface area contributed by atoms with Gasteiger partial charge in [-0.1, -0.05) is 18.2 Å². The molecular weight excluding hydrogens is 384 g/mol. The third-order valence-corrected chi connectivity index (χ3v) is 5.67. The Morgan fingerprint density at radius 1 is 1.00 bits per heavy atom. The van der Waals surface area contributed by atoms with Crippen LogP contribution in [0.3, 0.4) is 0 Å². The Bertz CT molecular complexity index is 1040. The first-order valence-corrected chi connectivity index (χ1v) is 10.3. The van der Waals surface area contributed by atoms with Crippen LogP contribution in [0.4, 0.5) is 0 Å². The number of aromatic amines is 1. The van der Waals surface area contributed by atoms with E-state index >= 15 is 0 Å². The maximum absolute atomic E-state index is 13.4. The van der Waals surface area contributed by atoms with E-state index in [1.54, 1.807) is 6.92 Å². The van der Waals surface area contributed by atoms with Gasteiger partial charge in [0.05, 0.1) is 30.0 Å². The van der Waals surface area contributed by atoms with Gasteiger partial charge in [0.1, 0.15) is 5.70 Å². The van der Waals surface area contributed by atoms with Gasteiger partial charge in [-0.3, -0.25) is 24.4 Å². The van der Waals surface area contributed by atoms with E-state index in [2.05, 4.69) is 5.10 Å². The minimum atomic E-state index is -0.433. The van der Waals surface area contributed by atoms with E-state index in [4.69, 9.17) is 4.74 Å². The third-order valence-electron chi connectivity index (χ3n) is 5.67. The van der Waals surface area contributed by atoms with Gasteiger partial charge in [0, 0.05) is 25.9 Å². The molecule has 1 fully saturated rings. The van der Waals surface area contributed by atoms with Crippen molar-refractivity contribution < 1.29 is 14.3 Å². The van der Waals surface area contributed by atoms with E-state index in [-0.39, 0.29) is 35.8 Å². The number of hydrogen-bond acceptors (Lipinski definition) is 5. The van der Waals surface area contributed by atoms with E-state index in [0.29, 0.717) is 30.2 Å². The summed E-state index contributed by atoms with van der Waals surface area (Å²) in [5, 5.41) is 3.07. The summed E-state index contributed by atoms with van der Waals surface area (Å²) in [7, 11) is 1.53. The highest BCUT2D eigenvalue weighted by Crippen LogP contribution is 2.33. The van der Waals surface area contributed by atoms with Crippen molar-refractivity contribution in [2.24, 2.45) is 0 Å². The zero-order valence-corrected chi connectivity index (χ0v) is 17.3.